The first-order chi connectivity index (χ1) is 7.74. The molecule has 0 radical (unpaired) electrons. The minimum absolute atomic E-state index is 0.428. The minimum atomic E-state index is 0.428. The summed E-state index contributed by atoms with van der Waals surface area (Å²) in [7, 11) is 0. The fourth-order valence-corrected chi connectivity index (χ4v) is 3.42. The first-order valence-corrected chi connectivity index (χ1v) is 7.14. The normalized spacial score (nSPS) is 25.9. The van der Waals surface area contributed by atoms with E-state index in [9.17, 15) is 0 Å². The molecule has 0 aliphatic heterocycles. The van der Waals surface area contributed by atoms with Crippen LogP contribution < -0.4 is 11.1 Å². The maximum absolute atomic E-state index is 5.97. The van der Waals surface area contributed by atoms with Crippen LogP contribution in [0, 0.1) is 5.92 Å². The Labute approximate surface area is 106 Å². The lowest BCUT2D eigenvalue weighted by molar-refractivity contribution is 0.310. The van der Waals surface area contributed by atoms with Gasteiger partial charge in [0.15, 0.2) is 0 Å². The molecule has 0 aromatic carbocycles. The zero-order valence-corrected chi connectivity index (χ0v) is 11.0. The molecule has 0 saturated heterocycles. The molecule has 2 rings (SSSR count). The highest BCUT2D eigenvalue weighted by Crippen LogP contribution is 2.23. The number of halogens is 1. The van der Waals surface area contributed by atoms with Crippen molar-refractivity contribution in [2.24, 2.45) is 11.7 Å². The molecular formula is C12H19ClN2S. The van der Waals surface area contributed by atoms with Gasteiger partial charge in [0.2, 0.25) is 0 Å². The minimum Gasteiger partial charge on any atom is -0.328 e. The monoisotopic (exact) mass is 258 g/mol. The third-order valence-electron chi connectivity index (χ3n) is 3.18. The zero-order chi connectivity index (χ0) is 11.4. The van der Waals surface area contributed by atoms with Crippen molar-refractivity contribution in [3.63, 3.8) is 0 Å². The van der Waals surface area contributed by atoms with E-state index in [-0.39, 0.29) is 0 Å². The molecule has 1 aromatic heterocycles. The van der Waals surface area contributed by atoms with Crippen molar-refractivity contribution in [3.8, 4) is 0 Å². The van der Waals surface area contributed by atoms with Gasteiger partial charge >= 0.3 is 0 Å². The Bertz CT molecular complexity index is 327. The Balaban J connectivity index is 1.67. The molecule has 4 heteroatoms. The summed E-state index contributed by atoms with van der Waals surface area (Å²) in [5, 5.41) is 3.50. The number of rotatable bonds is 4. The molecule has 0 amide bonds. The fourth-order valence-electron chi connectivity index (χ4n) is 2.36. The van der Waals surface area contributed by atoms with Crippen molar-refractivity contribution in [1.82, 2.24) is 5.32 Å². The predicted octanol–water partition coefficient (Wildman–Crippen LogP) is 3.01. The van der Waals surface area contributed by atoms with Gasteiger partial charge in [-0.2, -0.15) is 0 Å². The molecule has 1 saturated carbocycles. The standard InChI is InChI=1S/C12H19ClN2S/c13-12-5-4-11(16-12)8-15-7-9-2-1-3-10(14)6-9/h4-5,9-10,15H,1-3,6-8,14H2. The van der Waals surface area contributed by atoms with Gasteiger partial charge < -0.3 is 11.1 Å². The SMILES string of the molecule is NC1CCCC(CNCc2ccc(Cl)s2)C1. The number of hydrogen-bond acceptors (Lipinski definition) is 3. The van der Waals surface area contributed by atoms with Gasteiger partial charge in [-0.3, -0.25) is 0 Å². The van der Waals surface area contributed by atoms with Crippen molar-refractivity contribution in [1.29, 1.82) is 0 Å². The highest BCUT2D eigenvalue weighted by Gasteiger charge is 2.18. The maximum Gasteiger partial charge on any atom is 0.0931 e. The predicted molar refractivity (Wildman–Crippen MR) is 71.0 cm³/mol. The molecule has 1 aliphatic rings. The maximum atomic E-state index is 5.97. The van der Waals surface area contributed by atoms with Gasteiger partial charge in [-0.15, -0.1) is 11.3 Å². The Morgan fingerprint density at radius 3 is 3.00 bits per heavy atom. The molecule has 0 spiro atoms. The smallest absolute Gasteiger partial charge is 0.0931 e. The number of nitrogens with two attached hydrogens (primary N) is 1. The van der Waals surface area contributed by atoms with Crippen LogP contribution in [0.1, 0.15) is 30.6 Å². The molecule has 1 aliphatic carbocycles. The molecule has 90 valence electrons. The molecule has 16 heavy (non-hydrogen) atoms. The Morgan fingerprint density at radius 2 is 2.31 bits per heavy atom. The topological polar surface area (TPSA) is 38.0 Å². The van der Waals surface area contributed by atoms with Crippen LogP contribution in [0.5, 0.6) is 0 Å². The van der Waals surface area contributed by atoms with E-state index in [1.165, 1.54) is 30.6 Å². The van der Waals surface area contributed by atoms with Gasteiger partial charge in [0.25, 0.3) is 0 Å². The second kappa shape index (κ2) is 6.01. The highest BCUT2D eigenvalue weighted by molar-refractivity contribution is 7.16. The number of thiophene rings is 1. The van der Waals surface area contributed by atoms with E-state index >= 15 is 0 Å². The molecule has 3 N–H and O–H groups in total. The van der Waals surface area contributed by atoms with Gasteiger partial charge in [0.1, 0.15) is 0 Å². The van der Waals surface area contributed by atoms with Gasteiger partial charge in [-0.05, 0) is 43.9 Å². The molecule has 2 atom stereocenters. The third kappa shape index (κ3) is 3.74. The van der Waals surface area contributed by atoms with E-state index in [1.807, 2.05) is 6.07 Å². The zero-order valence-electron chi connectivity index (χ0n) is 9.42. The second-order valence-electron chi connectivity index (χ2n) is 4.63. The van der Waals surface area contributed by atoms with Crippen LogP contribution in [0.25, 0.3) is 0 Å². The number of hydrogen-bond donors (Lipinski definition) is 2. The van der Waals surface area contributed by atoms with Gasteiger partial charge in [-0.25, -0.2) is 0 Å². The largest absolute Gasteiger partial charge is 0.328 e. The Morgan fingerprint density at radius 1 is 1.44 bits per heavy atom. The second-order valence-corrected chi connectivity index (χ2v) is 6.43. The average molecular weight is 259 g/mol. The summed E-state index contributed by atoms with van der Waals surface area (Å²) < 4.78 is 0.872. The van der Waals surface area contributed by atoms with Crippen molar-refractivity contribution in [2.45, 2.75) is 38.3 Å². The first-order valence-electron chi connectivity index (χ1n) is 5.94. The van der Waals surface area contributed by atoms with Gasteiger partial charge in [0, 0.05) is 17.5 Å². The molecular weight excluding hydrogens is 240 g/mol. The summed E-state index contributed by atoms with van der Waals surface area (Å²) in [5.41, 5.74) is 5.97. The molecule has 2 nitrogen and oxygen atoms in total. The van der Waals surface area contributed by atoms with E-state index in [2.05, 4.69) is 11.4 Å². The van der Waals surface area contributed by atoms with Crippen molar-refractivity contribution < 1.29 is 0 Å². The van der Waals surface area contributed by atoms with Crippen LogP contribution >= 0.6 is 22.9 Å². The highest BCUT2D eigenvalue weighted by atomic mass is 35.5. The molecule has 1 heterocycles. The van der Waals surface area contributed by atoms with Crippen molar-refractivity contribution in [3.05, 3.63) is 21.3 Å². The van der Waals surface area contributed by atoms with Crippen LogP contribution in [0.3, 0.4) is 0 Å². The lowest BCUT2D eigenvalue weighted by Gasteiger charge is -2.26. The van der Waals surface area contributed by atoms with Crippen LogP contribution in [0.2, 0.25) is 4.34 Å². The van der Waals surface area contributed by atoms with Crippen LogP contribution in [-0.4, -0.2) is 12.6 Å². The van der Waals surface area contributed by atoms with E-state index in [4.69, 9.17) is 17.3 Å². The van der Waals surface area contributed by atoms with E-state index in [0.29, 0.717) is 6.04 Å². The summed E-state index contributed by atoms with van der Waals surface area (Å²) in [4.78, 5) is 1.31. The van der Waals surface area contributed by atoms with Crippen molar-refractivity contribution in [2.75, 3.05) is 6.54 Å². The van der Waals surface area contributed by atoms with E-state index in [1.54, 1.807) is 11.3 Å². The van der Waals surface area contributed by atoms with E-state index in [0.717, 1.165) is 23.3 Å². The van der Waals surface area contributed by atoms with Crippen LogP contribution in [-0.2, 0) is 6.54 Å². The molecule has 2 unspecified atom stereocenters. The third-order valence-corrected chi connectivity index (χ3v) is 4.42. The Kier molecular flexibility index (Phi) is 4.65. The summed E-state index contributed by atoms with van der Waals surface area (Å²) in [5.74, 6) is 0.763. The lowest BCUT2D eigenvalue weighted by atomic mass is 9.86. The van der Waals surface area contributed by atoms with E-state index < -0.39 is 0 Å². The average Bonchev–Trinajstić information content (AvgIpc) is 2.64. The summed E-state index contributed by atoms with van der Waals surface area (Å²) >= 11 is 7.53. The quantitative estimate of drug-likeness (QED) is 0.871. The van der Waals surface area contributed by atoms with Gasteiger partial charge in [0.05, 0.1) is 4.34 Å². The lowest BCUT2D eigenvalue weighted by Crippen LogP contribution is -2.33. The van der Waals surface area contributed by atoms with Crippen molar-refractivity contribution >= 4 is 22.9 Å². The molecule has 0 bridgehead atoms. The van der Waals surface area contributed by atoms with Crippen LogP contribution in [0.4, 0.5) is 0 Å². The first kappa shape index (κ1) is 12.4. The molecule has 1 aromatic rings. The fraction of sp³-hybridized carbons (Fsp3) is 0.667. The Hall–Kier alpha value is -0.0900. The van der Waals surface area contributed by atoms with Crippen LogP contribution in [0.15, 0.2) is 12.1 Å². The van der Waals surface area contributed by atoms with Gasteiger partial charge in [-0.1, -0.05) is 18.0 Å². The summed E-state index contributed by atoms with van der Waals surface area (Å²) in [6.45, 7) is 2.02. The number of nitrogens with one attached hydrogen (secondary N) is 1. The summed E-state index contributed by atoms with van der Waals surface area (Å²) in [6, 6.07) is 4.48. The molecule has 1 fully saturated rings. The summed E-state index contributed by atoms with van der Waals surface area (Å²) in [6.07, 6.45) is 5.00.